The molecule has 0 unspecified atom stereocenters. The van der Waals surface area contributed by atoms with E-state index in [1.54, 1.807) is 6.20 Å². The molecule has 6 heteroatoms. The van der Waals surface area contributed by atoms with Crippen LogP contribution < -0.4 is 10.1 Å². The van der Waals surface area contributed by atoms with Crippen LogP contribution in [0, 0.1) is 5.92 Å². The molecular weight excluding hydrogens is 310 g/mol. The van der Waals surface area contributed by atoms with Crippen molar-refractivity contribution >= 4 is 33.3 Å². The predicted molar refractivity (Wildman–Crippen MR) is 93.0 cm³/mol. The Labute approximate surface area is 138 Å². The minimum absolute atomic E-state index is 0.0337. The minimum Gasteiger partial charge on any atom is -0.483 e. The van der Waals surface area contributed by atoms with E-state index in [1.165, 1.54) is 11.3 Å². The van der Waals surface area contributed by atoms with Crippen LogP contribution >= 0.6 is 11.3 Å². The van der Waals surface area contributed by atoms with E-state index in [0.717, 1.165) is 23.2 Å². The standard InChI is InChI=1S/C17H19N3O2S/c1-12(2)10-20-8-6-13-14(20)4-3-5-15(13)22-11-16(21)19-17-18-7-9-23-17/h3-9,12H,10-11H2,1-2H3,(H,18,19,21). The van der Waals surface area contributed by atoms with E-state index in [9.17, 15) is 4.79 Å². The summed E-state index contributed by atoms with van der Waals surface area (Å²) in [6.45, 7) is 5.30. The maximum atomic E-state index is 11.9. The first-order valence-corrected chi connectivity index (χ1v) is 8.41. The highest BCUT2D eigenvalue weighted by Gasteiger charge is 2.10. The van der Waals surface area contributed by atoms with Gasteiger partial charge in [-0.05, 0) is 24.1 Å². The lowest BCUT2D eigenvalue weighted by Gasteiger charge is -2.10. The molecule has 0 aliphatic heterocycles. The molecule has 0 atom stereocenters. The largest absolute Gasteiger partial charge is 0.483 e. The number of aromatic nitrogens is 2. The lowest BCUT2D eigenvalue weighted by atomic mass is 10.2. The van der Waals surface area contributed by atoms with Gasteiger partial charge in [0.2, 0.25) is 0 Å². The summed E-state index contributed by atoms with van der Waals surface area (Å²) < 4.78 is 7.91. The third-order valence-electron chi connectivity index (χ3n) is 3.37. The van der Waals surface area contributed by atoms with Crippen molar-refractivity contribution < 1.29 is 9.53 Å². The second-order valence-corrected chi connectivity index (χ2v) is 6.62. The fraction of sp³-hybridized carbons (Fsp3) is 0.294. The van der Waals surface area contributed by atoms with Crippen molar-refractivity contribution in [1.29, 1.82) is 0 Å². The zero-order chi connectivity index (χ0) is 16.2. The van der Waals surface area contributed by atoms with Gasteiger partial charge in [-0.2, -0.15) is 0 Å². The second kappa shape index (κ2) is 6.83. The first-order valence-electron chi connectivity index (χ1n) is 7.53. The van der Waals surface area contributed by atoms with Gasteiger partial charge >= 0.3 is 0 Å². The number of carbonyl (C=O) groups excluding carboxylic acids is 1. The highest BCUT2D eigenvalue weighted by atomic mass is 32.1. The molecule has 0 bridgehead atoms. The van der Waals surface area contributed by atoms with Crippen molar-refractivity contribution in [1.82, 2.24) is 9.55 Å². The smallest absolute Gasteiger partial charge is 0.264 e. The molecule has 0 aliphatic rings. The molecule has 3 aromatic rings. The van der Waals surface area contributed by atoms with Crippen LogP contribution in [-0.2, 0) is 11.3 Å². The Balaban J connectivity index is 1.70. The van der Waals surface area contributed by atoms with E-state index in [0.29, 0.717) is 11.0 Å². The van der Waals surface area contributed by atoms with Crippen molar-refractivity contribution in [3.8, 4) is 5.75 Å². The number of hydrogen-bond acceptors (Lipinski definition) is 4. The van der Waals surface area contributed by atoms with E-state index in [-0.39, 0.29) is 12.5 Å². The van der Waals surface area contributed by atoms with Crippen LogP contribution in [0.4, 0.5) is 5.13 Å². The number of nitrogens with zero attached hydrogens (tertiary/aromatic N) is 2. The Bertz CT molecular complexity index is 793. The van der Waals surface area contributed by atoms with E-state index in [4.69, 9.17) is 4.74 Å². The number of ether oxygens (including phenoxy) is 1. The SMILES string of the molecule is CC(C)Cn1ccc2c(OCC(=O)Nc3nccs3)cccc21. The molecule has 0 spiro atoms. The quantitative estimate of drug-likeness (QED) is 0.749. The number of thiazole rings is 1. The summed E-state index contributed by atoms with van der Waals surface area (Å²) in [5.74, 6) is 1.08. The summed E-state index contributed by atoms with van der Waals surface area (Å²) in [4.78, 5) is 15.9. The van der Waals surface area contributed by atoms with E-state index in [1.807, 2.05) is 23.6 Å². The van der Waals surface area contributed by atoms with Crippen molar-refractivity contribution in [2.45, 2.75) is 20.4 Å². The van der Waals surface area contributed by atoms with Crippen molar-refractivity contribution in [2.24, 2.45) is 5.92 Å². The number of amides is 1. The molecule has 0 saturated heterocycles. The molecule has 2 aromatic heterocycles. The number of rotatable bonds is 6. The van der Waals surface area contributed by atoms with Gasteiger partial charge in [0, 0.05) is 29.7 Å². The van der Waals surface area contributed by atoms with E-state index in [2.05, 4.69) is 41.0 Å². The van der Waals surface area contributed by atoms with Crippen LogP contribution in [-0.4, -0.2) is 22.1 Å². The van der Waals surface area contributed by atoms with Crippen LogP contribution in [0.15, 0.2) is 42.0 Å². The van der Waals surface area contributed by atoms with Crippen molar-refractivity contribution in [3.63, 3.8) is 0 Å². The van der Waals surface area contributed by atoms with Crippen LogP contribution in [0.5, 0.6) is 5.75 Å². The second-order valence-electron chi connectivity index (χ2n) is 5.73. The van der Waals surface area contributed by atoms with Crippen LogP contribution in [0.25, 0.3) is 10.9 Å². The van der Waals surface area contributed by atoms with Crippen LogP contribution in [0.2, 0.25) is 0 Å². The molecule has 23 heavy (non-hydrogen) atoms. The molecule has 0 radical (unpaired) electrons. The highest BCUT2D eigenvalue weighted by molar-refractivity contribution is 7.13. The molecule has 0 fully saturated rings. The Morgan fingerprint density at radius 2 is 2.26 bits per heavy atom. The number of fused-ring (bicyclic) bond motifs is 1. The Kier molecular flexibility index (Phi) is 4.62. The lowest BCUT2D eigenvalue weighted by molar-refractivity contribution is -0.118. The molecule has 0 aliphatic carbocycles. The molecule has 1 amide bonds. The first kappa shape index (κ1) is 15.6. The average Bonchev–Trinajstić information content (AvgIpc) is 3.15. The number of carbonyl (C=O) groups is 1. The molecular formula is C17H19N3O2S. The Morgan fingerprint density at radius 3 is 3.00 bits per heavy atom. The van der Waals surface area contributed by atoms with Gasteiger partial charge in [-0.1, -0.05) is 19.9 Å². The van der Waals surface area contributed by atoms with E-state index < -0.39 is 0 Å². The number of hydrogen-bond donors (Lipinski definition) is 1. The summed E-state index contributed by atoms with van der Waals surface area (Å²) in [7, 11) is 0. The van der Waals surface area contributed by atoms with Gasteiger partial charge in [-0.15, -0.1) is 11.3 Å². The summed E-state index contributed by atoms with van der Waals surface area (Å²) >= 11 is 1.38. The predicted octanol–water partition coefficient (Wildman–Crippen LogP) is 3.77. The van der Waals surface area contributed by atoms with Gasteiger partial charge in [0.05, 0.1) is 5.52 Å². The van der Waals surface area contributed by atoms with E-state index >= 15 is 0 Å². The lowest BCUT2D eigenvalue weighted by Crippen LogP contribution is -2.20. The maximum absolute atomic E-state index is 11.9. The van der Waals surface area contributed by atoms with Gasteiger partial charge in [-0.25, -0.2) is 4.98 Å². The van der Waals surface area contributed by atoms with Crippen molar-refractivity contribution in [2.75, 3.05) is 11.9 Å². The highest BCUT2D eigenvalue weighted by Crippen LogP contribution is 2.27. The zero-order valence-corrected chi connectivity index (χ0v) is 14.0. The maximum Gasteiger partial charge on any atom is 0.264 e. The Hall–Kier alpha value is -2.34. The summed E-state index contributed by atoms with van der Waals surface area (Å²) in [5, 5.41) is 6.13. The van der Waals surface area contributed by atoms with Gasteiger partial charge in [-0.3, -0.25) is 10.1 Å². The first-order chi connectivity index (χ1) is 11.1. The molecule has 1 aromatic carbocycles. The fourth-order valence-electron chi connectivity index (χ4n) is 2.46. The number of anilines is 1. The Morgan fingerprint density at radius 1 is 1.39 bits per heavy atom. The van der Waals surface area contributed by atoms with Gasteiger partial charge in [0.25, 0.3) is 5.91 Å². The molecule has 0 saturated carbocycles. The molecule has 120 valence electrons. The molecule has 2 heterocycles. The summed E-state index contributed by atoms with van der Waals surface area (Å²) in [6.07, 6.45) is 3.71. The minimum atomic E-state index is -0.210. The van der Waals surface area contributed by atoms with Crippen LogP contribution in [0.1, 0.15) is 13.8 Å². The normalized spacial score (nSPS) is 11.1. The number of benzene rings is 1. The third kappa shape index (κ3) is 3.71. The third-order valence-corrected chi connectivity index (χ3v) is 4.06. The average molecular weight is 329 g/mol. The summed E-state index contributed by atoms with van der Waals surface area (Å²) in [5.41, 5.74) is 1.12. The van der Waals surface area contributed by atoms with Gasteiger partial charge < -0.3 is 9.30 Å². The van der Waals surface area contributed by atoms with Gasteiger partial charge in [0.1, 0.15) is 5.75 Å². The topological polar surface area (TPSA) is 56.1 Å². The monoisotopic (exact) mass is 329 g/mol. The zero-order valence-electron chi connectivity index (χ0n) is 13.2. The fourth-order valence-corrected chi connectivity index (χ4v) is 3.00. The molecule has 3 rings (SSSR count). The van der Waals surface area contributed by atoms with Crippen molar-refractivity contribution in [3.05, 3.63) is 42.0 Å². The molecule has 5 nitrogen and oxygen atoms in total. The molecule has 1 N–H and O–H groups in total. The van der Waals surface area contributed by atoms with Gasteiger partial charge in [0.15, 0.2) is 11.7 Å². The summed E-state index contributed by atoms with van der Waals surface area (Å²) in [6, 6.07) is 7.94. The number of nitrogens with one attached hydrogen (secondary N) is 1. The van der Waals surface area contributed by atoms with Crippen LogP contribution in [0.3, 0.4) is 0 Å².